The number of anilines is 1. The molecule has 0 saturated carbocycles. The number of pyridine rings is 1. The molecule has 2 aromatic rings. The molecule has 4 heterocycles. The van der Waals surface area contributed by atoms with Crippen molar-refractivity contribution in [2.45, 2.75) is 58.0 Å². The molecular formula is C23H31N7O5. The maximum Gasteiger partial charge on any atom is 0.437 e. The summed E-state index contributed by atoms with van der Waals surface area (Å²) < 4.78 is 10.7. The minimum absolute atomic E-state index is 0.0912. The van der Waals surface area contributed by atoms with Crippen LogP contribution in [0.1, 0.15) is 58.3 Å². The third kappa shape index (κ3) is 6.46. The van der Waals surface area contributed by atoms with Crippen molar-refractivity contribution in [2.75, 3.05) is 31.1 Å². The molecule has 2 saturated heterocycles. The van der Waals surface area contributed by atoms with Gasteiger partial charge >= 0.3 is 12.2 Å². The summed E-state index contributed by atoms with van der Waals surface area (Å²) in [5.41, 5.74) is 0.0130. The van der Waals surface area contributed by atoms with Crippen LogP contribution < -0.4 is 10.2 Å². The largest absolute Gasteiger partial charge is 0.465 e. The van der Waals surface area contributed by atoms with Gasteiger partial charge in [-0.05, 0) is 58.6 Å². The molecule has 0 unspecified atom stereocenters. The number of carbonyl (C=O) groups is 2. The van der Waals surface area contributed by atoms with Gasteiger partial charge < -0.3 is 24.2 Å². The van der Waals surface area contributed by atoms with Crippen molar-refractivity contribution in [2.24, 2.45) is 4.99 Å². The van der Waals surface area contributed by atoms with E-state index in [1.165, 1.54) is 19.3 Å². The lowest BCUT2D eigenvalue weighted by Gasteiger charge is -2.27. The van der Waals surface area contributed by atoms with Gasteiger partial charge in [0.15, 0.2) is 0 Å². The van der Waals surface area contributed by atoms with Gasteiger partial charge in [-0.3, -0.25) is 5.32 Å². The Bertz CT molecular complexity index is 1070. The Kier molecular flexibility index (Phi) is 7.17. The van der Waals surface area contributed by atoms with Crippen LogP contribution >= 0.6 is 0 Å². The first-order valence-corrected chi connectivity index (χ1v) is 11.8. The molecule has 0 radical (unpaired) electrons. The van der Waals surface area contributed by atoms with Crippen molar-refractivity contribution in [3.8, 4) is 11.4 Å². The number of carbonyl (C=O) groups excluding carboxylic acids is 1. The Balaban J connectivity index is 1.42. The Labute approximate surface area is 203 Å². The van der Waals surface area contributed by atoms with Gasteiger partial charge in [0.25, 0.3) is 0 Å². The Morgan fingerprint density at radius 3 is 2.63 bits per heavy atom. The van der Waals surface area contributed by atoms with Crippen LogP contribution in [-0.2, 0) is 4.74 Å². The van der Waals surface area contributed by atoms with Crippen molar-refractivity contribution in [3.63, 3.8) is 0 Å². The molecule has 12 nitrogen and oxygen atoms in total. The molecule has 188 valence electrons. The third-order valence-electron chi connectivity index (χ3n) is 5.77. The van der Waals surface area contributed by atoms with Crippen LogP contribution in [0.25, 0.3) is 11.4 Å². The number of amides is 2. The molecule has 35 heavy (non-hydrogen) atoms. The standard InChI is InChI=1S/C23H31N7O5/c1-23(2,3)34-22(33)27-20(26-21(31)32)30-12-9-16(14-30)19-25-18(28-35-19)15-7-8-17(24-13-15)29-10-5-4-6-11-29/h7-8,13,16H,4-6,9-12,14H2,1-3H3,(H,31,32)(H,26,27,33)/t16-/m1/s1. The van der Waals surface area contributed by atoms with Crippen molar-refractivity contribution in [1.29, 1.82) is 0 Å². The average Bonchev–Trinajstić information content (AvgIpc) is 3.48. The van der Waals surface area contributed by atoms with E-state index in [9.17, 15) is 14.7 Å². The predicted octanol–water partition coefficient (Wildman–Crippen LogP) is 3.47. The summed E-state index contributed by atoms with van der Waals surface area (Å²) in [5, 5.41) is 15.5. The quantitative estimate of drug-likeness (QED) is 0.489. The number of likely N-dealkylation sites (tertiary alicyclic amines) is 1. The van der Waals surface area contributed by atoms with Crippen molar-refractivity contribution in [3.05, 3.63) is 24.2 Å². The highest BCUT2D eigenvalue weighted by Gasteiger charge is 2.32. The summed E-state index contributed by atoms with van der Waals surface area (Å²) >= 11 is 0. The summed E-state index contributed by atoms with van der Waals surface area (Å²) in [6.45, 7) is 7.98. The van der Waals surface area contributed by atoms with Crippen LogP contribution in [-0.4, -0.2) is 75.1 Å². The van der Waals surface area contributed by atoms with Crippen molar-refractivity contribution >= 4 is 24.0 Å². The van der Waals surface area contributed by atoms with E-state index < -0.39 is 17.8 Å². The third-order valence-corrected chi connectivity index (χ3v) is 5.77. The molecular weight excluding hydrogens is 454 g/mol. The Morgan fingerprint density at radius 2 is 1.97 bits per heavy atom. The van der Waals surface area contributed by atoms with Crippen LogP contribution in [0, 0.1) is 0 Å². The van der Waals surface area contributed by atoms with E-state index in [1.807, 2.05) is 12.1 Å². The highest BCUT2D eigenvalue weighted by atomic mass is 16.6. The number of rotatable bonds is 3. The first-order valence-electron chi connectivity index (χ1n) is 11.8. The van der Waals surface area contributed by atoms with E-state index in [2.05, 4.69) is 30.3 Å². The second kappa shape index (κ2) is 10.3. The van der Waals surface area contributed by atoms with Crippen LogP contribution in [0.15, 0.2) is 27.8 Å². The first kappa shape index (κ1) is 24.4. The van der Waals surface area contributed by atoms with Gasteiger partial charge in [0.1, 0.15) is 11.4 Å². The maximum absolute atomic E-state index is 12.1. The minimum atomic E-state index is -1.32. The van der Waals surface area contributed by atoms with E-state index in [0.717, 1.165) is 24.5 Å². The SMILES string of the molecule is CC(C)(C)OC(=O)N=C(NC(=O)O)N1CC[C@@H](c2nc(-c3ccc(N4CCCCC4)nc3)no2)C1. The lowest BCUT2D eigenvalue weighted by atomic mass is 10.1. The number of piperidine rings is 1. The van der Waals surface area contributed by atoms with Gasteiger partial charge in [-0.2, -0.15) is 4.98 Å². The van der Waals surface area contributed by atoms with E-state index in [0.29, 0.717) is 31.2 Å². The number of nitrogens with one attached hydrogen (secondary N) is 1. The zero-order valence-electron chi connectivity index (χ0n) is 20.2. The van der Waals surface area contributed by atoms with Crippen LogP contribution in [0.3, 0.4) is 0 Å². The van der Waals surface area contributed by atoms with Crippen molar-refractivity contribution < 1.29 is 24.0 Å². The zero-order chi connectivity index (χ0) is 25.0. The summed E-state index contributed by atoms with van der Waals surface area (Å²) in [7, 11) is 0. The fourth-order valence-corrected chi connectivity index (χ4v) is 4.15. The molecule has 2 amide bonds. The average molecular weight is 486 g/mol. The summed E-state index contributed by atoms with van der Waals surface area (Å²) in [5.74, 6) is 1.60. The van der Waals surface area contributed by atoms with E-state index in [1.54, 1.807) is 31.9 Å². The Hall–Kier alpha value is -3.70. The summed E-state index contributed by atoms with van der Waals surface area (Å²) in [4.78, 5) is 40.2. The summed E-state index contributed by atoms with van der Waals surface area (Å²) in [6.07, 6.45) is 3.82. The molecule has 2 aliphatic heterocycles. The van der Waals surface area contributed by atoms with Gasteiger partial charge in [-0.25, -0.2) is 14.6 Å². The lowest BCUT2D eigenvalue weighted by Crippen LogP contribution is -2.43. The zero-order valence-corrected chi connectivity index (χ0v) is 20.2. The topological polar surface area (TPSA) is 146 Å². The molecule has 12 heteroatoms. The van der Waals surface area contributed by atoms with Gasteiger partial charge in [0, 0.05) is 37.9 Å². The highest BCUT2D eigenvalue weighted by molar-refractivity contribution is 5.98. The van der Waals surface area contributed by atoms with Crippen LogP contribution in [0.2, 0.25) is 0 Å². The fourth-order valence-electron chi connectivity index (χ4n) is 4.15. The van der Waals surface area contributed by atoms with Gasteiger partial charge in [0.2, 0.25) is 17.7 Å². The molecule has 0 aromatic carbocycles. The number of guanidine groups is 1. The smallest absolute Gasteiger partial charge is 0.437 e. The maximum atomic E-state index is 12.1. The monoisotopic (exact) mass is 485 g/mol. The number of carboxylic acid groups (broad SMARTS) is 1. The number of aromatic nitrogens is 3. The minimum Gasteiger partial charge on any atom is -0.465 e. The van der Waals surface area contributed by atoms with Gasteiger partial charge in [-0.15, -0.1) is 4.99 Å². The van der Waals surface area contributed by atoms with E-state index in [-0.39, 0.29) is 11.9 Å². The normalized spacial score (nSPS) is 19.1. The number of aliphatic imine (C=N–C) groups is 1. The molecule has 1 atom stereocenters. The molecule has 0 aliphatic carbocycles. The van der Waals surface area contributed by atoms with Crippen molar-refractivity contribution in [1.82, 2.24) is 25.3 Å². The first-order chi connectivity index (χ1) is 16.7. The predicted molar refractivity (Wildman–Crippen MR) is 127 cm³/mol. The molecule has 2 aliphatic rings. The second-order valence-electron chi connectivity index (χ2n) is 9.69. The Morgan fingerprint density at radius 1 is 1.20 bits per heavy atom. The van der Waals surface area contributed by atoms with Crippen LogP contribution in [0.5, 0.6) is 0 Å². The fraction of sp³-hybridized carbons (Fsp3) is 0.565. The van der Waals surface area contributed by atoms with Gasteiger partial charge in [-0.1, -0.05) is 5.16 Å². The number of nitrogens with zero attached hydrogens (tertiary/aromatic N) is 6. The van der Waals surface area contributed by atoms with E-state index >= 15 is 0 Å². The van der Waals surface area contributed by atoms with Gasteiger partial charge in [0.05, 0.1) is 5.92 Å². The lowest BCUT2D eigenvalue weighted by molar-refractivity contribution is 0.0601. The van der Waals surface area contributed by atoms with E-state index in [4.69, 9.17) is 9.26 Å². The molecule has 4 rings (SSSR count). The molecule has 0 spiro atoms. The molecule has 2 aromatic heterocycles. The second-order valence-corrected chi connectivity index (χ2v) is 9.69. The number of hydrogen-bond acceptors (Lipinski definition) is 8. The molecule has 2 N–H and O–H groups in total. The molecule has 2 fully saturated rings. The number of ether oxygens (including phenoxy) is 1. The number of hydrogen-bond donors (Lipinski definition) is 2. The van der Waals surface area contributed by atoms with Crippen LogP contribution in [0.4, 0.5) is 15.4 Å². The molecule has 0 bridgehead atoms. The highest BCUT2D eigenvalue weighted by Crippen LogP contribution is 2.28. The summed E-state index contributed by atoms with van der Waals surface area (Å²) in [6, 6.07) is 3.92.